The first kappa shape index (κ1) is 12.4. The van der Waals surface area contributed by atoms with Crippen molar-refractivity contribution >= 4 is 0 Å². The van der Waals surface area contributed by atoms with Gasteiger partial charge in [-0.05, 0) is 41.2 Å². The van der Waals surface area contributed by atoms with Gasteiger partial charge in [0.2, 0.25) is 0 Å². The Bertz CT molecular complexity index is 591. The molecule has 0 amide bonds. The molecule has 0 aliphatic carbocycles. The molecule has 0 aliphatic rings. The highest BCUT2D eigenvalue weighted by Gasteiger charge is 2.10. The summed E-state index contributed by atoms with van der Waals surface area (Å²) in [7, 11) is 0. The van der Waals surface area contributed by atoms with Crippen LogP contribution < -0.4 is 0 Å². The summed E-state index contributed by atoms with van der Waals surface area (Å²) in [6.45, 7) is 4.35. The van der Waals surface area contributed by atoms with E-state index in [0.29, 0.717) is 0 Å². The molecule has 0 saturated heterocycles. The zero-order valence-electron chi connectivity index (χ0n) is 10.9. The molecular formula is C17H17N. The summed E-state index contributed by atoms with van der Waals surface area (Å²) in [5.74, 6) is 0. The number of aryl methyl sites for hydroxylation is 1. The summed E-state index contributed by atoms with van der Waals surface area (Å²) < 4.78 is 0. The second-order valence-electron chi connectivity index (χ2n) is 4.31. The average Bonchev–Trinajstić information content (AvgIpc) is 2.46. The number of nitriles is 1. The van der Waals surface area contributed by atoms with Gasteiger partial charge in [0, 0.05) is 0 Å². The third-order valence-electron chi connectivity index (χ3n) is 3.35. The van der Waals surface area contributed by atoms with Gasteiger partial charge < -0.3 is 0 Å². The van der Waals surface area contributed by atoms with E-state index >= 15 is 0 Å². The Labute approximate surface area is 109 Å². The van der Waals surface area contributed by atoms with Crippen molar-refractivity contribution in [3.05, 3.63) is 59.2 Å². The molecule has 0 aromatic heterocycles. The van der Waals surface area contributed by atoms with Crippen molar-refractivity contribution in [3.63, 3.8) is 0 Å². The predicted molar refractivity (Wildman–Crippen MR) is 75.3 cm³/mol. The van der Waals surface area contributed by atoms with Gasteiger partial charge in [-0.15, -0.1) is 0 Å². The summed E-state index contributed by atoms with van der Waals surface area (Å²) >= 11 is 0. The Morgan fingerprint density at radius 1 is 0.889 bits per heavy atom. The molecule has 0 radical (unpaired) electrons. The fraction of sp³-hybridized carbons (Fsp3) is 0.235. The highest BCUT2D eigenvalue weighted by atomic mass is 14.2. The minimum atomic E-state index is 0.750. The standard InChI is InChI=1S/C17H17N/c1-3-13-9-7-11-17(15(13)4-2)16-10-6-5-8-14(16)12-18/h5-11H,3-4H2,1-2H3. The molecule has 0 heterocycles. The van der Waals surface area contributed by atoms with Crippen molar-refractivity contribution in [2.45, 2.75) is 26.7 Å². The Morgan fingerprint density at radius 2 is 1.61 bits per heavy atom. The molecule has 2 aromatic rings. The van der Waals surface area contributed by atoms with E-state index in [4.69, 9.17) is 0 Å². The third kappa shape index (κ3) is 2.15. The fourth-order valence-electron chi connectivity index (χ4n) is 2.45. The number of nitrogens with zero attached hydrogens (tertiary/aromatic N) is 1. The molecular weight excluding hydrogens is 218 g/mol. The first-order valence-corrected chi connectivity index (χ1v) is 6.42. The van der Waals surface area contributed by atoms with Gasteiger partial charge in [0.1, 0.15) is 0 Å². The Balaban J connectivity index is 2.68. The van der Waals surface area contributed by atoms with Crippen LogP contribution in [0.3, 0.4) is 0 Å². The number of hydrogen-bond acceptors (Lipinski definition) is 1. The van der Waals surface area contributed by atoms with Crippen LogP contribution in [0.4, 0.5) is 0 Å². The van der Waals surface area contributed by atoms with Crippen LogP contribution in [0.1, 0.15) is 30.5 Å². The molecule has 90 valence electrons. The monoisotopic (exact) mass is 235 g/mol. The van der Waals surface area contributed by atoms with Crippen LogP contribution in [0.2, 0.25) is 0 Å². The molecule has 0 fully saturated rings. The lowest BCUT2D eigenvalue weighted by Crippen LogP contribution is -1.96. The summed E-state index contributed by atoms with van der Waals surface area (Å²) in [5, 5.41) is 9.22. The lowest BCUT2D eigenvalue weighted by atomic mass is 9.90. The smallest absolute Gasteiger partial charge is 0.0998 e. The minimum absolute atomic E-state index is 0.750. The highest BCUT2D eigenvalue weighted by Crippen LogP contribution is 2.29. The molecule has 18 heavy (non-hydrogen) atoms. The van der Waals surface area contributed by atoms with Gasteiger partial charge in [-0.2, -0.15) is 5.26 Å². The van der Waals surface area contributed by atoms with E-state index in [9.17, 15) is 5.26 Å². The van der Waals surface area contributed by atoms with Crippen LogP contribution in [0.5, 0.6) is 0 Å². The third-order valence-corrected chi connectivity index (χ3v) is 3.35. The molecule has 0 unspecified atom stereocenters. The van der Waals surface area contributed by atoms with E-state index in [1.807, 2.05) is 24.3 Å². The van der Waals surface area contributed by atoms with Crippen molar-refractivity contribution in [1.82, 2.24) is 0 Å². The predicted octanol–water partition coefficient (Wildman–Crippen LogP) is 4.35. The van der Waals surface area contributed by atoms with Crippen molar-refractivity contribution in [2.24, 2.45) is 0 Å². The topological polar surface area (TPSA) is 23.8 Å². The molecule has 1 heteroatoms. The van der Waals surface area contributed by atoms with E-state index in [1.165, 1.54) is 16.7 Å². The lowest BCUT2D eigenvalue weighted by Gasteiger charge is -2.13. The molecule has 0 spiro atoms. The molecule has 2 rings (SSSR count). The first-order valence-electron chi connectivity index (χ1n) is 6.42. The van der Waals surface area contributed by atoms with Gasteiger partial charge in [0.15, 0.2) is 0 Å². The maximum Gasteiger partial charge on any atom is 0.0998 e. The number of benzene rings is 2. The zero-order valence-corrected chi connectivity index (χ0v) is 10.9. The first-order chi connectivity index (χ1) is 8.81. The summed E-state index contributed by atoms with van der Waals surface area (Å²) in [6, 6.07) is 16.5. The van der Waals surface area contributed by atoms with Crippen LogP contribution in [0.15, 0.2) is 42.5 Å². The SMILES string of the molecule is CCc1cccc(-c2ccccc2C#N)c1CC. The van der Waals surface area contributed by atoms with E-state index < -0.39 is 0 Å². The average molecular weight is 235 g/mol. The normalized spacial score (nSPS) is 10.1. The van der Waals surface area contributed by atoms with Gasteiger partial charge in [0.05, 0.1) is 11.6 Å². The summed E-state index contributed by atoms with van der Waals surface area (Å²) in [6.07, 6.45) is 2.03. The molecule has 0 N–H and O–H groups in total. The molecule has 0 aliphatic heterocycles. The maximum atomic E-state index is 9.22. The molecule has 1 nitrogen and oxygen atoms in total. The quantitative estimate of drug-likeness (QED) is 0.775. The van der Waals surface area contributed by atoms with E-state index in [2.05, 4.69) is 38.1 Å². The highest BCUT2D eigenvalue weighted by molar-refractivity contribution is 5.74. The zero-order chi connectivity index (χ0) is 13.0. The second-order valence-corrected chi connectivity index (χ2v) is 4.31. The Hall–Kier alpha value is -2.07. The largest absolute Gasteiger partial charge is 0.192 e. The molecule has 2 aromatic carbocycles. The molecule has 0 saturated carbocycles. The Morgan fingerprint density at radius 3 is 2.28 bits per heavy atom. The van der Waals surface area contributed by atoms with Crippen LogP contribution in [-0.4, -0.2) is 0 Å². The van der Waals surface area contributed by atoms with E-state index in [1.54, 1.807) is 0 Å². The van der Waals surface area contributed by atoms with Crippen molar-refractivity contribution in [2.75, 3.05) is 0 Å². The Kier molecular flexibility index (Phi) is 3.79. The minimum Gasteiger partial charge on any atom is -0.192 e. The van der Waals surface area contributed by atoms with Crippen LogP contribution in [-0.2, 0) is 12.8 Å². The van der Waals surface area contributed by atoms with E-state index in [-0.39, 0.29) is 0 Å². The van der Waals surface area contributed by atoms with Gasteiger partial charge in [-0.25, -0.2) is 0 Å². The van der Waals surface area contributed by atoms with E-state index in [0.717, 1.165) is 24.0 Å². The fourth-order valence-corrected chi connectivity index (χ4v) is 2.45. The number of hydrogen-bond donors (Lipinski definition) is 0. The van der Waals surface area contributed by atoms with Crippen LogP contribution in [0, 0.1) is 11.3 Å². The van der Waals surface area contributed by atoms with Crippen LogP contribution >= 0.6 is 0 Å². The molecule has 0 atom stereocenters. The summed E-state index contributed by atoms with van der Waals surface area (Å²) in [4.78, 5) is 0. The molecule has 0 bridgehead atoms. The summed E-state index contributed by atoms with van der Waals surface area (Å²) in [5.41, 5.74) is 5.74. The van der Waals surface area contributed by atoms with Gasteiger partial charge in [-0.1, -0.05) is 50.2 Å². The van der Waals surface area contributed by atoms with Gasteiger partial charge in [-0.3, -0.25) is 0 Å². The van der Waals surface area contributed by atoms with Gasteiger partial charge in [0.25, 0.3) is 0 Å². The van der Waals surface area contributed by atoms with Crippen LogP contribution in [0.25, 0.3) is 11.1 Å². The second kappa shape index (κ2) is 5.51. The van der Waals surface area contributed by atoms with Crippen molar-refractivity contribution in [1.29, 1.82) is 5.26 Å². The maximum absolute atomic E-state index is 9.22. The van der Waals surface area contributed by atoms with Crippen molar-refractivity contribution in [3.8, 4) is 17.2 Å². The van der Waals surface area contributed by atoms with Crippen molar-refractivity contribution < 1.29 is 0 Å². The lowest BCUT2D eigenvalue weighted by molar-refractivity contribution is 1.04. The van der Waals surface area contributed by atoms with Gasteiger partial charge >= 0.3 is 0 Å². The number of rotatable bonds is 3.